The third kappa shape index (κ3) is 4.27. The highest BCUT2D eigenvalue weighted by molar-refractivity contribution is 6.00. The molecule has 116 valence electrons. The molecule has 0 aromatic heterocycles. The summed E-state index contributed by atoms with van der Waals surface area (Å²) in [6.07, 6.45) is 0.847. The number of hydrogen-bond acceptors (Lipinski definition) is 1. The van der Waals surface area contributed by atoms with Crippen molar-refractivity contribution in [3.63, 3.8) is 0 Å². The van der Waals surface area contributed by atoms with Crippen LogP contribution in [0, 0.1) is 18.7 Å². The minimum atomic E-state index is -0.165. The van der Waals surface area contributed by atoms with Crippen molar-refractivity contribution in [2.24, 2.45) is 10.9 Å². The fourth-order valence-corrected chi connectivity index (χ4v) is 2.44. The van der Waals surface area contributed by atoms with Gasteiger partial charge in [0.2, 0.25) is 0 Å². The van der Waals surface area contributed by atoms with Gasteiger partial charge in [-0.2, -0.15) is 0 Å². The van der Waals surface area contributed by atoms with Crippen LogP contribution in [0.15, 0.2) is 53.5 Å². The molecule has 0 spiro atoms. The molecule has 0 radical (unpaired) electrons. The molecule has 1 atom stereocenters. The normalized spacial score (nSPS) is 13.5. The van der Waals surface area contributed by atoms with Gasteiger partial charge in [-0.1, -0.05) is 56.3 Å². The van der Waals surface area contributed by atoms with Gasteiger partial charge < -0.3 is 0 Å². The minimum Gasteiger partial charge on any atom is -0.281 e. The Kier molecular flexibility index (Phi) is 5.48. The smallest absolute Gasteiger partial charge is 0.126 e. The summed E-state index contributed by atoms with van der Waals surface area (Å²) >= 11 is 0. The van der Waals surface area contributed by atoms with Crippen molar-refractivity contribution in [1.29, 1.82) is 0 Å². The standard InChI is InChI=1S/C20H24FN/c1-14(2)12-20(18-11-10-15(3)19(21)13-18)22-16(4)17-8-6-5-7-9-17/h5-11,13-14,16H,12H2,1-4H3/t16-/m0/s1. The van der Waals surface area contributed by atoms with Crippen LogP contribution in [0.5, 0.6) is 0 Å². The van der Waals surface area contributed by atoms with Gasteiger partial charge in [0.05, 0.1) is 6.04 Å². The van der Waals surface area contributed by atoms with Gasteiger partial charge in [0.1, 0.15) is 5.82 Å². The number of aliphatic imine (C=N–C) groups is 1. The van der Waals surface area contributed by atoms with Gasteiger partial charge in [0.25, 0.3) is 0 Å². The maximum absolute atomic E-state index is 13.9. The van der Waals surface area contributed by atoms with Crippen LogP contribution in [0.25, 0.3) is 0 Å². The average Bonchev–Trinajstić information content (AvgIpc) is 2.49. The quantitative estimate of drug-likeness (QED) is 0.625. The zero-order chi connectivity index (χ0) is 16.1. The van der Waals surface area contributed by atoms with E-state index in [1.165, 1.54) is 5.56 Å². The SMILES string of the molecule is Cc1ccc(C(CC(C)C)=N[C@@H](C)c2ccccc2)cc1F. The van der Waals surface area contributed by atoms with E-state index < -0.39 is 0 Å². The molecule has 0 aliphatic heterocycles. The molecule has 2 aromatic rings. The van der Waals surface area contributed by atoms with Crippen LogP contribution in [0.4, 0.5) is 4.39 Å². The second kappa shape index (κ2) is 7.35. The fourth-order valence-electron chi connectivity index (χ4n) is 2.44. The molecule has 0 fully saturated rings. The Morgan fingerprint density at radius 2 is 1.73 bits per heavy atom. The Hall–Kier alpha value is -1.96. The number of aryl methyl sites for hydroxylation is 1. The molecule has 0 saturated heterocycles. The van der Waals surface area contributed by atoms with Crippen LogP contribution in [0.1, 0.15) is 49.9 Å². The maximum Gasteiger partial charge on any atom is 0.126 e. The van der Waals surface area contributed by atoms with Crippen LogP contribution in [-0.2, 0) is 0 Å². The van der Waals surface area contributed by atoms with E-state index in [1.807, 2.05) is 30.3 Å². The fraction of sp³-hybridized carbons (Fsp3) is 0.350. The zero-order valence-corrected chi connectivity index (χ0v) is 13.8. The Balaban J connectivity index is 2.36. The first-order valence-electron chi connectivity index (χ1n) is 7.85. The van der Waals surface area contributed by atoms with E-state index in [4.69, 9.17) is 4.99 Å². The van der Waals surface area contributed by atoms with Crippen molar-refractivity contribution in [1.82, 2.24) is 0 Å². The topological polar surface area (TPSA) is 12.4 Å². The van der Waals surface area contributed by atoms with E-state index in [9.17, 15) is 4.39 Å². The molecule has 2 aromatic carbocycles. The van der Waals surface area contributed by atoms with Crippen LogP contribution < -0.4 is 0 Å². The van der Waals surface area contributed by atoms with E-state index in [2.05, 4.69) is 32.9 Å². The second-order valence-electron chi connectivity index (χ2n) is 6.22. The van der Waals surface area contributed by atoms with Gasteiger partial charge in [0.15, 0.2) is 0 Å². The predicted molar refractivity (Wildman–Crippen MR) is 92.0 cm³/mol. The van der Waals surface area contributed by atoms with Gasteiger partial charge in [-0.3, -0.25) is 4.99 Å². The van der Waals surface area contributed by atoms with E-state index in [1.54, 1.807) is 13.0 Å². The minimum absolute atomic E-state index is 0.0688. The molecule has 2 rings (SSSR count). The molecule has 22 heavy (non-hydrogen) atoms. The lowest BCUT2D eigenvalue weighted by atomic mass is 9.98. The highest BCUT2D eigenvalue weighted by Crippen LogP contribution is 2.21. The lowest BCUT2D eigenvalue weighted by Crippen LogP contribution is -2.08. The molecule has 0 saturated carbocycles. The summed E-state index contributed by atoms with van der Waals surface area (Å²) in [5, 5.41) is 0. The highest BCUT2D eigenvalue weighted by atomic mass is 19.1. The molecule has 1 nitrogen and oxygen atoms in total. The molecular formula is C20H24FN. The number of benzene rings is 2. The highest BCUT2D eigenvalue weighted by Gasteiger charge is 2.11. The molecular weight excluding hydrogens is 273 g/mol. The van der Waals surface area contributed by atoms with Gasteiger partial charge in [0, 0.05) is 5.71 Å². The largest absolute Gasteiger partial charge is 0.281 e. The molecule has 0 heterocycles. The zero-order valence-electron chi connectivity index (χ0n) is 13.8. The Morgan fingerprint density at radius 3 is 2.32 bits per heavy atom. The second-order valence-corrected chi connectivity index (χ2v) is 6.22. The Morgan fingerprint density at radius 1 is 1.05 bits per heavy atom. The maximum atomic E-state index is 13.9. The summed E-state index contributed by atoms with van der Waals surface area (Å²) in [6.45, 7) is 8.19. The van der Waals surface area contributed by atoms with E-state index in [0.717, 1.165) is 17.7 Å². The molecule has 0 unspecified atom stereocenters. The number of halogens is 1. The third-order valence-corrected chi connectivity index (χ3v) is 3.74. The van der Waals surface area contributed by atoms with E-state index in [0.29, 0.717) is 11.5 Å². The van der Waals surface area contributed by atoms with Crippen LogP contribution in [0.3, 0.4) is 0 Å². The number of rotatable bonds is 5. The van der Waals surface area contributed by atoms with E-state index in [-0.39, 0.29) is 11.9 Å². The predicted octanol–water partition coefficient (Wildman–Crippen LogP) is 5.73. The Labute approximate surface area is 132 Å². The van der Waals surface area contributed by atoms with Gasteiger partial charge >= 0.3 is 0 Å². The van der Waals surface area contributed by atoms with Crippen LogP contribution >= 0.6 is 0 Å². The first-order chi connectivity index (χ1) is 10.5. The molecule has 0 bridgehead atoms. The summed E-state index contributed by atoms with van der Waals surface area (Å²) in [5.74, 6) is 0.312. The van der Waals surface area contributed by atoms with Gasteiger partial charge in [-0.15, -0.1) is 0 Å². The average molecular weight is 297 g/mol. The van der Waals surface area contributed by atoms with Gasteiger partial charge in [-0.25, -0.2) is 4.39 Å². The molecule has 0 aliphatic carbocycles. The Bertz CT molecular complexity index is 644. The summed E-state index contributed by atoms with van der Waals surface area (Å²) in [6, 6.07) is 15.7. The van der Waals surface area contributed by atoms with Crippen molar-refractivity contribution in [3.05, 3.63) is 71.0 Å². The molecule has 2 heteroatoms. The number of hydrogen-bond donors (Lipinski definition) is 0. The lowest BCUT2D eigenvalue weighted by Gasteiger charge is -2.14. The van der Waals surface area contributed by atoms with Crippen molar-refractivity contribution >= 4 is 5.71 Å². The molecule has 0 amide bonds. The first-order valence-corrected chi connectivity index (χ1v) is 7.85. The third-order valence-electron chi connectivity index (χ3n) is 3.74. The van der Waals surface area contributed by atoms with Crippen molar-refractivity contribution < 1.29 is 4.39 Å². The first kappa shape index (κ1) is 16.4. The lowest BCUT2D eigenvalue weighted by molar-refractivity contribution is 0.617. The molecule has 0 aliphatic rings. The van der Waals surface area contributed by atoms with Crippen LogP contribution in [-0.4, -0.2) is 5.71 Å². The monoisotopic (exact) mass is 297 g/mol. The number of nitrogens with zero attached hydrogens (tertiary/aromatic N) is 1. The van der Waals surface area contributed by atoms with Crippen molar-refractivity contribution in [2.45, 2.75) is 40.2 Å². The van der Waals surface area contributed by atoms with Gasteiger partial charge in [-0.05, 0) is 48.9 Å². The van der Waals surface area contributed by atoms with Crippen molar-refractivity contribution in [2.75, 3.05) is 0 Å². The summed E-state index contributed by atoms with van der Waals surface area (Å²) in [7, 11) is 0. The summed E-state index contributed by atoms with van der Waals surface area (Å²) < 4.78 is 13.9. The van der Waals surface area contributed by atoms with Crippen molar-refractivity contribution in [3.8, 4) is 0 Å². The molecule has 0 N–H and O–H groups in total. The van der Waals surface area contributed by atoms with Crippen LogP contribution in [0.2, 0.25) is 0 Å². The summed E-state index contributed by atoms with van der Waals surface area (Å²) in [4.78, 5) is 4.88. The van der Waals surface area contributed by atoms with E-state index >= 15 is 0 Å². The summed E-state index contributed by atoms with van der Waals surface area (Å²) in [5.41, 5.74) is 3.71.